The topological polar surface area (TPSA) is 103 Å². The van der Waals surface area contributed by atoms with Crippen molar-refractivity contribution in [3.8, 4) is 5.75 Å². The monoisotopic (exact) mass is 478 g/mol. The van der Waals surface area contributed by atoms with Crippen molar-refractivity contribution in [2.75, 3.05) is 33.4 Å². The van der Waals surface area contributed by atoms with E-state index in [-0.39, 0.29) is 25.2 Å². The summed E-state index contributed by atoms with van der Waals surface area (Å²) in [5.74, 6) is 0.436. The average molecular weight is 479 g/mol. The Morgan fingerprint density at radius 2 is 2.00 bits per heavy atom. The van der Waals surface area contributed by atoms with Gasteiger partial charge in [0, 0.05) is 38.1 Å². The molecule has 0 aliphatic carbocycles. The van der Waals surface area contributed by atoms with Gasteiger partial charge in [0.1, 0.15) is 12.4 Å². The lowest BCUT2D eigenvalue weighted by atomic mass is 10.1. The van der Waals surface area contributed by atoms with E-state index in [9.17, 15) is 13.2 Å². The molecule has 1 aliphatic heterocycles. The van der Waals surface area contributed by atoms with Crippen LogP contribution < -0.4 is 10.1 Å². The highest BCUT2D eigenvalue weighted by molar-refractivity contribution is 7.89. The third kappa shape index (κ3) is 6.55. The van der Waals surface area contributed by atoms with Crippen LogP contribution in [-0.2, 0) is 26.1 Å². The summed E-state index contributed by atoms with van der Waals surface area (Å²) in [6.07, 6.45) is 8.58. The van der Waals surface area contributed by atoms with Crippen molar-refractivity contribution in [3.05, 3.63) is 42.0 Å². The number of benzene rings is 1. The lowest BCUT2D eigenvalue weighted by Gasteiger charge is -2.35. The normalized spacial score (nSPS) is 17.1. The number of rotatable bonds is 11. The number of carbonyl (C=O) groups is 1. The second-order valence-electron chi connectivity index (χ2n) is 8.37. The Bertz CT molecular complexity index is 1000. The Kier molecular flexibility index (Phi) is 8.87. The van der Waals surface area contributed by atoms with Gasteiger partial charge < -0.3 is 19.4 Å². The van der Waals surface area contributed by atoms with Crippen LogP contribution in [0.1, 0.15) is 36.8 Å². The molecule has 0 radical (unpaired) electrons. The smallest absolute Gasteiger partial charge is 0.245 e. The lowest BCUT2D eigenvalue weighted by molar-refractivity contribution is -0.126. The predicted octanol–water partition coefficient (Wildman–Crippen LogP) is 2.27. The highest BCUT2D eigenvalue weighted by atomic mass is 32.2. The standard InChI is InChI=1S/C23H34N4O5S/c1-18-13-21(31-3)14-19(2)23(18)33(29,30)27-11-5-4-7-20(27)15-32-16-22(28)25-8-6-10-26-12-9-24-17-26/h9,12-14,17,20H,4-8,10-11,15-16H2,1-3H3,(H,25,28). The molecule has 1 aromatic heterocycles. The lowest BCUT2D eigenvalue weighted by Crippen LogP contribution is -2.46. The first kappa shape index (κ1) is 25.2. The molecule has 1 aliphatic rings. The van der Waals surface area contributed by atoms with Crippen molar-refractivity contribution < 1.29 is 22.7 Å². The highest BCUT2D eigenvalue weighted by Crippen LogP contribution is 2.31. The maximum absolute atomic E-state index is 13.6. The molecule has 3 rings (SSSR count). The molecule has 182 valence electrons. The van der Waals surface area contributed by atoms with Crippen LogP contribution in [0.4, 0.5) is 0 Å². The van der Waals surface area contributed by atoms with Gasteiger partial charge in [-0.3, -0.25) is 4.79 Å². The molecule has 0 spiro atoms. The van der Waals surface area contributed by atoms with Crippen LogP contribution in [0.25, 0.3) is 0 Å². The number of ether oxygens (including phenoxy) is 2. The van der Waals surface area contributed by atoms with Crippen molar-refractivity contribution in [2.45, 2.75) is 57.0 Å². The number of amides is 1. The maximum Gasteiger partial charge on any atom is 0.245 e. The second kappa shape index (κ2) is 11.6. The van der Waals surface area contributed by atoms with Crippen molar-refractivity contribution >= 4 is 15.9 Å². The van der Waals surface area contributed by atoms with Crippen LogP contribution in [0, 0.1) is 13.8 Å². The summed E-state index contributed by atoms with van der Waals surface area (Å²) in [5, 5.41) is 2.83. The number of imidazole rings is 1. The Hall–Kier alpha value is -2.43. The number of nitrogens with zero attached hydrogens (tertiary/aromatic N) is 3. The quantitative estimate of drug-likeness (QED) is 0.497. The zero-order valence-corrected chi connectivity index (χ0v) is 20.4. The molecule has 1 amide bonds. The molecule has 0 saturated carbocycles. The summed E-state index contributed by atoms with van der Waals surface area (Å²) < 4.78 is 41.5. The number of nitrogens with one attached hydrogen (secondary N) is 1. The molecule has 1 fully saturated rings. The fraction of sp³-hybridized carbons (Fsp3) is 0.565. The van der Waals surface area contributed by atoms with Gasteiger partial charge in [0.2, 0.25) is 15.9 Å². The molecule has 10 heteroatoms. The summed E-state index contributed by atoms with van der Waals surface area (Å²) in [6, 6.07) is 3.19. The Balaban J connectivity index is 1.54. The molecular formula is C23H34N4O5S. The third-order valence-corrected chi connectivity index (χ3v) is 8.09. The van der Waals surface area contributed by atoms with E-state index in [0.717, 1.165) is 25.8 Å². The first-order valence-corrected chi connectivity index (χ1v) is 12.7. The van der Waals surface area contributed by atoms with E-state index in [0.29, 0.717) is 41.3 Å². The van der Waals surface area contributed by atoms with Crippen LogP contribution in [0.2, 0.25) is 0 Å². The number of sulfonamides is 1. The molecule has 2 heterocycles. The van der Waals surface area contributed by atoms with E-state index in [1.54, 1.807) is 49.9 Å². The molecule has 33 heavy (non-hydrogen) atoms. The van der Waals surface area contributed by atoms with Crippen molar-refractivity contribution in [2.24, 2.45) is 0 Å². The van der Waals surface area contributed by atoms with Gasteiger partial charge in [-0.2, -0.15) is 4.31 Å². The number of aryl methyl sites for hydroxylation is 3. The first-order valence-electron chi connectivity index (χ1n) is 11.3. The van der Waals surface area contributed by atoms with E-state index in [1.165, 1.54) is 0 Å². The number of hydrogen-bond acceptors (Lipinski definition) is 6. The summed E-state index contributed by atoms with van der Waals surface area (Å²) in [7, 11) is -2.13. The number of aromatic nitrogens is 2. The van der Waals surface area contributed by atoms with Gasteiger partial charge in [0.25, 0.3) is 0 Å². The molecule has 1 unspecified atom stereocenters. The van der Waals surface area contributed by atoms with Gasteiger partial charge >= 0.3 is 0 Å². The number of carbonyl (C=O) groups excluding carboxylic acids is 1. The third-order valence-electron chi connectivity index (χ3n) is 5.83. The second-order valence-corrected chi connectivity index (χ2v) is 10.2. The van der Waals surface area contributed by atoms with Crippen molar-refractivity contribution in [1.29, 1.82) is 0 Å². The minimum absolute atomic E-state index is 0.0872. The van der Waals surface area contributed by atoms with E-state index in [4.69, 9.17) is 9.47 Å². The minimum Gasteiger partial charge on any atom is -0.497 e. The number of piperidine rings is 1. The van der Waals surface area contributed by atoms with Gasteiger partial charge in [0.15, 0.2) is 0 Å². The van der Waals surface area contributed by atoms with E-state index in [1.807, 2.05) is 10.8 Å². The zero-order chi connectivity index (χ0) is 23.8. The van der Waals surface area contributed by atoms with Crippen LogP contribution in [0.15, 0.2) is 35.7 Å². The average Bonchev–Trinajstić information content (AvgIpc) is 3.30. The summed E-state index contributed by atoms with van der Waals surface area (Å²) in [5.41, 5.74) is 1.32. The molecule has 0 bridgehead atoms. The summed E-state index contributed by atoms with van der Waals surface area (Å²) in [6.45, 7) is 5.44. The minimum atomic E-state index is -3.70. The van der Waals surface area contributed by atoms with Gasteiger partial charge in [-0.05, 0) is 56.4 Å². The molecule has 1 saturated heterocycles. The fourth-order valence-corrected chi connectivity index (χ4v) is 6.35. The first-order chi connectivity index (χ1) is 15.8. The Morgan fingerprint density at radius 1 is 1.24 bits per heavy atom. The Morgan fingerprint density at radius 3 is 2.67 bits per heavy atom. The fourth-order valence-electron chi connectivity index (χ4n) is 4.26. The number of methoxy groups -OCH3 is 1. The SMILES string of the molecule is COc1cc(C)c(S(=O)(=O)N2CCCCC2COCC(=O)NCCCn2ccnc2)c(C)c1. The van der Waals surface area contributed by atoms with Gasteiger partial charge in [-0.1, -0.05) is 6.42 Å². The van der Waals surface area contributed by atoms with Gasteiger partial charge in [0.05, 0.1) is 24.9 Å². The highest BCUT2D eigenvalue weighted by Gasteiger charge is 2.35. The van der Waals surface area contributed by atoms with Gasteiger partial charge in [-0.15, -0.1) is 0 Å². The van der Waals surface area contributed by atoms with Crippen LogP contribution in [-0.4, -0.2) is 67.6 Å². The van der Waals surface area contributed by atoms with E-state index >= 15 is 0 Å². The van der Waals surface area contributed by atoms with Crippen molar-refractivity contribution in [3.63, 3.8) is 0 Å². The number of hydrogen-bond donors (Lipinski definition) is 1. The Labute approximate surface area is 196 Å². The molecule has 1 atom stereocenters. The zero-order valence-electron chi connectivity index (χ0n) is 19.6. The van der Waals surface area contributed by atoms with E-state index in [2.05, 4.69) is 10.3 Å². The maximum atomic E-state index is 13.6. The van der Waals surface area contributed by atoms with Crippen LogP contribution >= 0.6 is 0 Å². The molecule has 9 nitrogen and oxygen atoms in total. The van der Waals surface area contributed by atoms with Crippen LogP contribution in [0.5, 0.6) is 5.75 Å². The summed E-state index contributed by atoms with van der Waals surface area (Å²) in [4.78, 5) is 16.4. The van der Waals surface area contributed by atoms with Crippen LogP contribution in [0.3, 0.4) is 0 Å². The predicted molar refractivity (Wildman–Crippen MR) is 125 cm³/mol. The molecule has 2 aromatic rings. The van der Waals surface area contributed by atoms with Crippen molar-refractivity contribution in [1.82, 2.24) is 19.2 Å². The largest absolute Gasteiger partial charge is 0.497 e. The molecule has 1 N–H and O–H groups in total. The molecule has 1 aromatic carbocycles. The molecular weight excluding hydrogens is 444 g/mol. The van der Waals surface area contributed by atoms with Gasteiger partial charge in [-0.25, -0.2) is 13.4 Å². The summed E-state index contributed by atoms with van der Waals surface area (Å²) >= 11 is 0. The van der Waals surface area contributed by atoms with E-state index < -0.39 is 10.0 Å².